The summed E-state index contributed by atoms with van der Waals surface area (Å²) in [6.07, 6.45) is 0. The van der Waals surface area contributed by atoms with Crippen molar-refractivity contribution in [2.24, 2.45) is 10.2 Å². The Morgan fingerprint density at radius 3 is 2.30 bits per heavy atom. The molecule has 0 atom stereocenters. The van der Waals surface area contributed by atoms with Gasteiger partial charge in [-0.15, -0.1) is 5.11 Å². The van der Waals surface area contributed by atoms with Gasteiger partial charge in [0.15, 0.2) is 17.2 Å². The smallest absolute Gasteiger partial charge is 0.303 e. The Hall–Kier alpha value is -3.56. The van der Waals surface area contributed by atoms with E-state index in [1.807, 2.05) is 0 Å². The van der Waals surface area contributed by atoms with Crippen molar-refractivity contribution < 1.29 is 20.1 Å². The van der Waals surface area contributed by atoms with Crippen LogP contribution < -0.4 is 0 Å². The third-order valence-corrected chi connectivity index (χ3v) is 2.84. The summed E-state index contributed by atoms with van der Waals surface area (Å²) in [5.41, 5.74) is -0.548. The Labute approximate surface area is 128 Å². The number of aromatic hydroxyl groups is 2. The summed E-state index contributed by atoms with van der Waals surface area (Å²) in [6, 6.07) is 7.08. The van der Waals surface area contributed by atoms with Crippen LogP contribution in [0.1, 0.15) is 5.56 Å². The molecular weight excluding hydrogens is 308 g/mol. The lowest BCUT2D eigenvalue weighted by atomic mass is 10.2. The summed E-state index contributed by atoms with van der Waals surface area (Å²) in [7, 11) is 0. The molecule has 2 aromatic rings. The highest BCUT2D eigenvalue weighted by Crippen LogP contribution is 2.32. The molecule has 2 rings (SSSR count). The zero-order chi connectivity index (χ0) is 17.0. The van der Waals surface area contributed by atoms with Crippen LogP contribution in [0, 0.1) is 20.2 Å². The first-order chi connectivity index (χ1) is 10.9. The molecule has 0 aliphatic heterocycles. The fourth-order valence-corrected chi connectivity index (χ4v) is 1.72. The zero-order valence-corrected chi connectivity index (χ0v) is 11.5. The molecule has 2 aromatic carbocycles. The van der Waals surface area contributed by atoms with E-state index in [1.165, 1.54) is 18.2 Å². The topological polar surface area (TPSA) is 151 Å². The molecule has 0 saturated carbocycles. The average molecular weight is 318 g/mol. The number of hydrogen-bond acceptors (Lipinski definition) is 8. The molecule has 0 aromatic heterocycles. The summed E-state index contributed by atoms with van der Waals surface area (Å²) in [4.78, 5) is 20.0. The first kappa shape index (κ1) is 15.8. The van der Waals surface area contributed by atoms with E-state index in [0.29, 0.717) is 5.56 Å². The summed E-state index contributed by atoms with van der Waals surface area (Å²) in [5, 5.41) is 47.5. The van der Waals surface area contributed by atoms with Crippen molar-refractivity contribution >= 4 is 17.1 Å². The van der Waals surface area contributed by atoms with Gasteiger partial charge in [-0.3, -0.25) is 20.2 Å². The predicted octanol–water partition coefficient (Wildman–Crippen LogP) is 3.20. The fraction of sp³-hybridized carbons (Fsp3) is 0.0769. The molecule has 23 heavy (non-hydrogen) atoms. The Bertz CT molecular complexity index is 805. The van der Waals surface area contributed by atoms with Gasteiger partial charge in [-0.05, 0) is 23.8 Å². The number of hydrogen-bond donors (Lipinski definition) is 2. The van der Waals surface area contributed by atoms with E-state index < -0.39 is 21.2 Å². The first-order valence-corrected chi connectivity index (χ1v) is 6.19. The van der Waals surface area contributed by atoms with Crippen molar-refractivity contribution in [3.63, 3.8) is 0 Å². The van der Waals surface area contributed by atoms with Crippen molar-refractivity contribution in [1.29, 1.82) is 0 Å². The van der Waals surface area contributed by atoms with Gasteiger partial charge < -0.3 is 10.2 Å². The molecule has 118 valence electrons. The largest absolute Gasteiger partial charge is 0.504 e. The van der Waals surface area contributed by atoms with Crippen LogP contribution in [0.3, 0.4) is 0 Å². The van der Waals surface area contributed by atoms with Crippen LogP contribution in [-0.4, -0.2) is 20.1 Å². The number of azo groups is 1. The Kier molecular flexibility index (Phi) is 4.45. The zero-order valence-electron chi connectivity index (χ0n) is 11.5. The van der Waals surface area contributed by atoms with Gasteiger partial charge in [-0.2, -0.15) is 5.11 Å². The molecule has 0 unspecified atom stereocenters. The van der Waals surface area contributed by atoms with Crippen LogP contribution in [0.25, 0.3) is 0 Å². The number of non-ortho nitro benzene ring substituents is 1. The maximum absolute atomic E-state index is 10.9. The van der Waals surface area contributed by atoms with E-state index in [0.717, 1.165) is 18.2 Å². The van der Waals surface area contributed by atoms with Gasteiger partial charge in [0.2, 0.25) is 0 Å². The van der Waals surface area contributed by atoms with Gasteiger partial charge in [-0.1, -0.05) is 6.07 Å². The molecule has 10 heteroatoms. The van der Waals surface area contributed by atoms with E-state index in [4.69, 9.17) is 0 Å². The lowest BCUT2D eigenvalue weighted by molar-refractivity contribution is -0.393. The third kappa shape index (κ3) is 3.75. The van der Waals surface area contributed by atoms with E-state index in [1.54, 1.807) is 0 Å². The lowest BCUT2D eigenvalue weighted by Gasteiger charge is -2.00. The maximum Gasteiger partial charge on any atom is 0.303 e. The normalized spacial score (nSPS) is 10.8. The number of benzene rings is 2. The van der Waals surface area contributed by atoms with Crippen LogP contribution in [0.4, 0.5) is 17.1 Å². The number of rotatable bonds is 5. The van der Waals surface area contributed by atoms with Gasteiger partial charge in [-0.25, -0.2) is 0 Å². The van der Waals surface area contributed by atoms with Crippen molar-refractivity contribution in [2.75, 3.05) is 0 Å². The Morgan fingerprint density at radius 2 is 1.70 bits per heavy atom. The number of phenolic OH excluding ortho intramolecular Hbond substituents is 2. The van der Waals surface area contributed by atoms with Crippen molar-refractivity contribution in [2.45, 2.75) is 6.54 Å². The quantitative estimate of drug-likeness (QED) is 0.373. The highest BCUT2D eigenvalue weighted by molar-refractivity contribution is 5.61. The van der Waals surface area contributed by atoms with Crippen molar-refractivity contribution in [3.05, 3.63) is 62.2 Å². The molecule has 0 heterocycles. The molecule has 10 nitrogen and oxygen atoms in total. The maximum atomic E-state index is 10.9. The standard InChI is InChI=1S/C13H10N4O6/c18-12-4-1-8(5-13(12)19)7-14-15-10-3-2-9(16(20)21)6-11(10)17(22)23/h1-6,18-19H,7H2. The Balaban J connectivity index is 2.23. The van der Waals surface area contributed by atoms with Gasteiger partial charge in [0.1, 0.15) is 0 Å². The summed E-state index contributed by atoms with van der Waals surface area (Å²) in [6.45, 7) is 0.00197. The third-order valence-electron chi connectivity index (χ3n) is 2.84. The Morgan fingerprint density at radius 1 is 0.957 bits per heavy atom. The second-order valence-electron chi connectivity index (χ2n) is 4.41. The number of nitrogens with zero attached hydrogens (tertiary/aromatic N) is 4. The lowest BCUT2D eigenvalue weighted by Crippen LogP contribution is -1.92. The molecule has 0 radical (unpaired) electrons. The second-order valence-corrected chi connectivity index (χ2v) is 4.41. The first-order valence-electron chi connectivity index (χ1n) is 6.19. The van der Waals surface area contributed by atoms with Gasteiger partial charge in [0.25, 0.3) is 5.69 Å². The predicted molar refractivity (Wildman–Crippen MR) is 77.7 cm³/mol. The number of nitro benzene ring substituents is 2. The molecule has 0 aliphatic carbocycles. The van der Waals surface area contributed by atoms with Gasteiger partial charge in [0.05, 0.1) is 22.5 Å². The minimum Gasteiger partial charge on any atom is -0.504 e. The summed E-state index contributed by atoms with van der Waals surface area (Å²) >= 11 is 0. The van der Waals surface area contributed by atoms with E-state index in [9.17, 15) is 30.4 Å². The average Bonchev–Trinajstić information content (AvgIpc) is 2.50. The second kappa shape index (κ2) is 6.47. The highest BCUT2D eigenvalue weighted by atomic mass is 16.6. The van der Waals surface area contributed by atoms with Crippen LogP contribution in [0.15, 0.2) is 46.6 Å². The fourth-order valence-electron chi connectivity index (χ4n) is 1.72. The van der Waals surface area contributed by atoms with Crippen LogP contribution in [-0.2, 0) is 6.54 Å². The van der Waals surface area contributed by atoms with Gasteiger partial charge >= 0.3 is 5.69 Å². The molecule has 2 N–H and O–H groups in total. The molecule has 0 fully saturated rings. The summed E-state index contributed by atoms with van der Waals surface area (Å²) < 4.78 is 0. The SMILES string of the molecule is O=[N+]([O-])c1ccc(N=NCc2ccc(O)c(O)c2)c([N+](=O)[O-])c1. The highest BCUT2D eigenvalue weighted by Gasteiger charge is 2.19. The minimum atomic E-state index is -0.784. The number of nitro groups is 2. The molecule has 0 spiro atoms. The molecule has 0 amide bonds. The van der Waals surface area contributed by atoms with Crippen LogP contribution in [0.5, 0.6) is 11.5 Å². The minimum absolute atomic E-state index is 0.00197. The number of phenols is 2. The summed E-state index contributed by atoms with van der Waals surface area (Å²) in [5.74, 6) is -0.601. The van der Waals surface area contributed by atoms with E-state index in [2.05, 4.69) is 10.2 Å². The van der Waals surface area contributed by atoms with Crippen LogP contribution in [0.2, 0.25) is 0 Å². The van der Waals surface area contributed by atoms with Crippen LogP contribution >= 0.6 is 0 Å². The van der Waals surface area contributed by atoms with Crippen molar-refractivity contribution in [1.82, 2.24) is 0 Å². The van der Waals surface area contributed by atoms with E-state index >= 15 is 0 Å². The molecule has 0 aliphatic rings. The molecule has 0 saturated heterocycles. The molecular formula is C13H10N4O6. The van der Waals surface area contributed by atoms with E-state index in [-0.39, 0.29) is 23.7 Å². The molecule has 0 bridgehead atoms. The monoisotopic (exact) mass is 318 g/mol. The van der Waals surface area contributed by atoms with Crippen molar-refractivity contribution in [3.8, 4) is 11.5 Å². The van der Waals surface area contributed by atoms with Gasteiger partial charge in [0, 0.05) is 6.07 Å².